The number of carbonyl (C=O) groups is 1. The maximum absolute atomic E-state index is 12.7. The topological polar surface area (TPSA) is 60.2 Å². The molecule has 0 bridgehead atoms. The standard InChI is InChI=1S/C20H24N4O2S/c1-14-11-21-18(13-26-2)24(14)15-9-10-23(12-15)20(25)8-7-19-22-16-5-3-4-6-17(16)27-19/h3-6,11,15H,7-10,12-13H2,1-2H3. The van der Waals surface area contributed by atoms with Crippen molar-refractivity contribution in [3.8, 4) is 0 Å². The highest BCUT2D eigenvalue weighted by atomic mass is 32.1. The Labute approximate surface area is 162 Å². The molecule has 3 aromatic rings. The highest BCUT2D eigenvalue weighted by molar-refractivity contribution is 7.18. The lowest BCUT2D eigenvalue weighted by molar-refractivity contribution is -0.130. The number of carbonyl (C=O) groups excluding carboxylic acids is 1. The van der Waals surface area contributed by atoms with E-state index in [1.165, 1.54) is 4.70 Å². The van der Waals surface area contributed by atoms with Crippen molar-refractivity contribution in [2.24, 2.45) is 0 Å². The second-order valence-electron chi connectivity index (χ2n) is 6.98. The zero-order valence-electron chi connectivity index (χ0n) is 15.7. The van der Waals surface area contributed by atoms with E-state index in [2.05, 4.69) is 27.5 Å². The number of thiazole rings is 1. The van der Waals surface area contributed by atoms with Crippen molar-refractivity contribution in [2.45, 2.75) is 38.8 Å². The molecule has 0 aliphatic carbocycles. The molecule has 1 aliphatic rings. The van der Waals surface area contributed by atoms with E-state index < -0.39 is 0 Å². The fourth-order valence-corrected chi connectivity index (χ4v) is 4.78. The number of rotatable bonds is 6. The number of ether oxygens (including phenoxy) is 1. The molecule has 1 aromatic carbocycles. The predicted molar refractivity (Wildman–Crippen MR) is 106 cm³/mol. The average Bonchev–Trinajstić information content (AvgIpc) is 3.38. The number of para-hydroxylation sites is 1. The van der Waals surface area contributed by atoms with Crippen LogP contribution >= 0.6 is 11.3 Å². The Morgan fingerprint density at radius 3 is 3.04 bits per heavy atom. The lowest BCUT2D eigenvalue weighted by atomic mass is 10.2. The summed E-state index contributed by atoms with van der Waals surface area (Å²) in [4.78, 5) is 23.8. The van der Waals surface area contributed by atoms with Gasteiger partial charge in [-0.05, 0) is 25.5 Å². The molecule has 1 fully saturated rings. The van der Waals surface area contributed by atoms with E-state index >= 15 is 0 Å². The zero-order chi connectivity index (χ0) is 18.8. The lowest BCUT2D eigenvalue weighted by Gasteiger charge is -2.19. The maximum atomic E-state index is 12.7. The van der Waals surface area contributed by atoms with Gasteiger partial charge in [-0.2, -0.15) is 0 Å². The van der Waals surface area contributed by atoms with E-state index in [1.807, 2.05) is 29.3 Å². The summed E-state index contributed by atoms with van der Waals surface area (Å²) in [5, 5.41) is 1.04. The van der Waals surface area contributed by atoms with Gasteiger partial charge in [-0.1, -0.05) is 12.1 Å². The lowest BCUT2D eigenvalue weighted by Crippen LogP contribution is -2.29. The molecule has 0 saturated carbocycles. The zero-order valence-corrected chi connectivity index (χ0v) is 16.5. The quantitative estimate of drug-likeness (QED) is 0.654. The molecule has 1 amide bonds. The molecule has 1 aliphatic heterocycles. The number of likely N-dealkylation sites (tertiary alicyclic amines) is 1. The minimum atomic E-state index is 0.211. The van der Waals surface area contributed by atoms with Gasteiger partial charge in [-0.3, -0.25) is 4.79 Å². The second-order valence-corrected chi connectivity index (χ2v) is 8.09. The largest absolute Gasteiger partial charge is 0.377 e. The van der Waals surface area contributed by atoms with Crippen molar-refractivity contribution in [2.75, 3.05) is 20.2 Å². The van der Waals surface area contributed by atoms with Gasteiger partial charge in [0.25, 0.3) is 0 Å². The van der Waals surface area contributed by atoms with Crippen LogP contribution in [0.4, 0.5) is 0 Å². The smallest absolute Gasteiger partial charge is 0.223 e. The van der Waals surface area contributed by atoms with E-state index in [0.29, 0.717) is 19.4 Å². The van der Waals surface area contributed by atoms with Crippen LogP contribution in [0.1, 0.15) is 35.4 Å². The molecule has 0 spiro atoms. The van der Waals surface area contributed by atoms with E-state index in [-0.39, 0.29) is 11.9 Å². The van der Waals surface area contributed by atoms with Gasteiger partial charge >= 0.3 is 0 Å². The molecule has 1 atom stereocenters. The van der Waals surface area contributed by atoms with E-state index in [4.69, 9.17) is 4.74 Å². The molecule has 2 aromatic heterocycles. The van der Waals surface area contributed by atoms with Crippen molar-refractivity contribution in [1.29, 1.82) is 0 Å². The number of hydrogen-bond donors (Lipinski definition) is 0. The van der Waals surface area contributed by atoms with Crippen molar-refractivity contribution in [3.05, 3.63) is 47.0 Å². The normalized spacial score (nSPS) is 17.1. The van der Waals surface area contributed by atoms with Crippen LogP contribution in [0.25, 0.3) is 10.2 Å². The molecule has 0 N–H and O–H groups in total. The fourth-order valence-electron chi connectivity index (χ4n) is 3.81. The van der Waals surface area contributed by atoms with Gasteiger partial charge in [0.05, 0.1) is 21.3 Å². The van der Waals surface area contributed by atoms with Crippen LogP contribution in [-0.4, -0.2) is 45.5 Å². The van der Waals surface area contributed by atoms with Crippen LogP contribution in [0, 0.1) is 6.92 Å². The molecular weight excluding hydrogens is 360 g/mol. The second kappa shape index (κ2) is 7.78. The highest BCUT2D eigenvalue weighted by Crippen LogP contribution is 2.27. The number of fused-ring (bicyclic) bond motifs is 1. The summed E-state index contributed by atoms with van der Waals surface area (Å²) in [5.41, 5.74) is 2.14. The Morgan fingerprint density at radius 2 is 2.22 bits per heavy atom. The van der Waals surface area contributed by atoms with Crippen LogP contribution in [0.2, 0.25) is 0 Å². The number of nitrogens with zero attached hydrogens (tertiary/aromatic N) is 4. The Morgan fingerprint density at radius 1 is 1.37 bits per heavy atom. The summed E-state index contributed by atoms with van der Waals surface area (Å²) in [6, 6.07) is 8.40. The first-order chi connectivity index (χ1) is 13.2. The fraction of sp³-hybridized carbons (Fsp3) is 0.450. The summed E-state index contributed by atoms with van der Waals surface area (Å²) < 4.78 is 8.67. The first-order valence-corrected chi connectivity index (χ1v) is 10.1. The Kier molecular flexibility index (Phi) is 5.22. The third-order valence-electron chi connectivity index (χ3n) is 5.10. The van der Waals surface area contributed by atoms with Gasteiger partial charge in [0.2, 0.25) is 5.91 Å². The van der Waals surface area contributed by atoms with Crippen molar-refractivity contribution < 1.29 is 9.53 Å². The summed E-state index contributed by atoms with van der Waals surface area (Å²) in [5.74, 6) is 1.14. The first-order valence-electron chi connectivity index (χ1n) is 9.29. The molecule has 142 valence electrons. The van der Waals surface area contributed by atoms with Gasteiger partial charge in [0.1, 0.15) is 12.4 Å². The Hall–Kier alpha value is -2.25. The van der Waals surface area contributed by atoms with Crippen LogP contribution < -0.4 is 0 Å². The number of hydrogen-bond acceptors (Lipinski definition) is 5. The Bertz CT molecular complexity index is 916. The highest BCUT2D eigenvalue weighted by Gasteiger charge is 2.29. The summed E-state index contributed by atoms with van der Waals surface area (Å²) in [6.07, 6.45) is 4.06. The molecule has 0 radical (unpaired) electrons. The van der Waals surface area contributed by atoms with Gasteiger partial charge < -0.3 is 14.2 Å². The number of aryl methyl sites for hydroxylation is 2. The number of amides is 1. The van der Waals surface area contributed by atoms with E-state index in [1.54, 1.807) is 18.4 Å². The van der Waals surface area contributed by atoms with Gasteiger partial charge in [0.15, 0.2) is 0 Å². The maximum Gasteiger partial charge on any atom is 0.223 e. The SMILES string of the molecule is COCc1ncc(C)n1C1CCN(C(=O)CCc2nc3ccccc3s2)C1. The molecule has 4 rings (SSSR count). The average molecular weight is 385 g/mol. The number of imidazole rings is 1. The van der Waals surface area contributed by atoms with Crippen LogP contribution in [-0.2, 0) is 22.6 Å². The Balaban J connectivity index is 1.37. The number of aromatic nitrogens is 3. The van der Waals surface area contributed by atoms with Crippen molar-refractivity contribution in [3.63, 3.8) is 0 Å². The minimum absolute atomic E-state index is 0.211. The summed E-state index contributed by atoms with van der Waals surface area (Å²) >= 11 is 1.68. The third kappa shape index (κ3) is 3.75. The van der Waals surface area contributed by atoms with Crippen LogP contribution in [0.5, 0.6) is 0 Å². The van der Waals surface area contributed by atoms with Crippen LogP contribution in [0.3, 0.4) is 0 Å². The molecule has 3 heterocycles. The number of benzene rings is 1. The molecule has 6 nitrogen and oxygen atoms in total. The first kappa shape index (κ1) is 18.1. The molecule has 1 saturated heterocycles. The van der Waals surface area contributed by atoms with E-state index in [9.17, 15) is 4.79 Å². The monoisotopic (exact) mass is 384 g/mol. The molecule has 1 unspecified atom stereocenters. The van der Waals surface area contributed by atoms with E-state index in [0.717, 1.165) is 41.6 Å². The minimum Gasteiger partial charge on any atom is -0.377 e. The van der Waals surface area contributed by atoms with Gasteiger partial charge in [-0.15, -0.1) is 11.3 Å². The molecule has 7 heteroatoms. The third-order valence-corrected chi connectivity index (χ3v) is 6.20. The molecule has 27 heavy (non-hydrogen) atoms. The van der Waals surface area contributed by atoms with Crippen molar-refractivity contribution >= 4 is 27.5 Å². The van der Waals surface area contributed by atoms with Gasteiger partial charge in [-0.25, -0.2) is 9.97 Å². The summed E-state index contributed by atoms with van der Waals surface area (Å²) in [6.45, 7) is 4.10. The predicted octanol–water partition coefficient (Wildman–Crippen LogP) is 3.35. The number of methoxy groups -OCH3 is 1. The van der Waals surface area contributed by atoms with Crippen molar-refractivity contribution in [1.82, 2.24) is 19.4 Å². The van der Waals surface area contributed by atoms with Crippen LogP contribution in [0.15, 0.2) is 30.5 Å². The van der Waals surface area contributed by atoms with Gasteiger partial charge in [0, 0.05) is 44.9 Å². The summed E-state index contributed by atoms with van der Waals surface area (Å²) in [7, 11) is 1.68. The molecular formula is C20H24N4O2S.